The summed E-state index contributed by atoms with van der Waals surface area (Å²) in [6, 6.07) is 0.823. The maximum Gasteiger partial charge on any atom is 0.0590 e. The first-order valence-electron chi connectivity index (χ1n) is 5.74. The van der Waals surface area contributed by atoms with E-state index in [0.717, 1.165) is 25.8 Å². The zero-order valence-corrected chi connectivity index (χ0v) is 8.85. The Hall–Kier alpha value is -0.0800. The Morgan fingerprint density at radius 2 is 2.00 bits per heavy atom. The average molecular weight is 185 g/mol. The highest BCUT2D eigenvalue weighted by Crippen LogP contribution is 2.17. The summed E-state index contributed by atoms with van der Waals surface area (Å²) in [5.74, 6) is 0. The van der Waals surface area contributed by atoms with Gasteiger partial charge in [0.15, 0.2) is 0 Å². The summed E-state index contributed by atoms with van der Waals surface area (Å²) in [5, 5.41) is 3.43. The first-order chi connectivity index (χ1) is 6.43. The maximum atomic E-state index is 5.50. The third-order valence-corrected chi connectivity index (χ3v) is 2.40. The summed E-state index contributed by atoms with van der Waals surface area (Å²) < 4.78 is 5.50. The molecule has 0 atom stereocenters. The normalized spacial score (nSPS) is 16.4. The SMILES string of the molecule is CCCCCCOCCNC1CC1. The lowest BCUT2D eigenvalue weighted by Crippen LogP contribution is -2.21. The number of nitrogens with one attached hydrogen (secondary N) is 1. The Balaban J connectivity index is 1.63. The van der Waals surface area contributed by atoms with Crippen LogP contribution in [0.5, 0.6) is 0 Å². The molecule has 1 aliphatic carbocycles. The molecule has 0 aromatic heterocycles. The van der Waals surface area contributed by atoms with Crippen LogP contribution in [0.2, 0.25) is 0 Å². The van der Waals surface area contributed by atoms with Crippen molar-refractivity contribution in [1.29, 1.82) is 0 Å². The van der Waals surface area contributed by atoms with Crippen molar-refractivity contribution in [3.63, 3.8) is 0 Å². The van der Waals surface area contributed by atoms with Crippen LogP contribution in [-0.2, 0) is 4.74 Å². The van der Waals surface area contributed by atoms with Gasteiger partial charge in [-0.15, -0.1) is 0 Å². The van der Waals surface area contributed by atoms with Gasteiger partial charge in [-0.3, -0.25) is 0 Å². The molecule has 78 valence electrons. The topological polar surface area (TPSA) is 21.3 Å². The Morgan fingerprint density at radius 3 is 2.69 bits per heavy atom. The minimum absolute atomic E-state index is 0.823. The summed E-state index contributed by atoms with van der Waals surface area (Å²) in [4.78, 5) is 0. The number of unbranched alkanes of at least 4 members (excludes halogenated alkanes) is 3. The van der Waals surface area contributed by atoms with Crippen LogP contribution in [0.4, 0.5) is 0 Å². The zero-order chi connectivity index (χ0) is 9.36. The van der Waals surface area contributed by atoms with Crippen LogP contribution in [-0.4, -0.2) is 25.8 Å². The second-order valence-electron chi connectivity index (χ2n) is 3.90. The van der Waals surface area contributed by atoms with Crippen molar-refractivity contribution in [3.8, 4) is 0 Å². The van der Waals surface area contributed by atoms with Gasteiger partial charge in [0.25, 0.3) is 0 Å². The predicted molar refractivity (Wildman–Crippen MR) is 56.0 cm³/mol. The third kappa shape index (κ3) is 7.03. The van der Waals surface area contributed by atoms with Gasteiger partial charge in [0.2, 0.25) is 0 Å². The lowest BCUT2D eigenvalue weighted by molar-refractivity contribution is 0.131. The molecule has 1 saturated carbocycles. The first-order valence-corrected chi connectivity index (χ1v) is 5.74. The van der Waals surface area contributed by atoms with Crippen LogP contribution in [0.1, 0.15) is 45.4 Å². The van der Waals surface area contributed by atoms with E-state index in [1.54, 1.807) is 0 Å². The van der Waals surface area contributed by atoms with E-state index in [1.807, 2.05) is 0 Å². The largest absolute Gasteiger partial charge is 0.380 e. The van der Waals surface area contributed by atoms with E-state index in [4.69, 9.17) is 4.74 Å². The molecule has 0 aromatic carbocycles. The Kier molecular flexibility index (Phi) is 6.21. The highest BCUT2D eigenvalue weighted by molar-refractivity contribution is 4.80. The lowest BCUT2D eigenvalue weighted by Gasteiger charge is -2.04. The van der Waals surface area contributed by atoms with Gasteiger partial charge in [0.1, 0.15) is 0 Å². The first kappa shape index (κ1) is 11.0. The van der Waals surface area contributed by atoms with Gasteiger partial charge in [-0.05, 0) is 19.3 Å². The molecule has 0 unspecified atom stereocenters. The van der Waals surface area contributed by atoms with E-state index in [-0.39, 0.29) is 0 Å². The van der Waals surface area contributed by atoms with Crippen molar-refractivity contribution in [2.45, 2.75) is 51.5 Å². The molecule has 2 nitrogen and oxygen atoms in total. The van der Waals surface area contributed by atoms with Crippen LogP contribution in [0, 0.1) is 0 Å². The Labute approximate surface area is 82.0 Å². The summed E-state index contributed by atoms with van der Waals surface area (Å²) in [6.45, 7) is 5.12. The van der Waals surface area contributed by atoms with E-state index in [1.165, 1.54) is 38.5 Å². The zero-order valence-electron chi connectivity index (χ0n) is 8.85. The monoisotopic (exact) mass is 185 g/mol. The number of hydrogen-bond acceptors (Lipinski definition) is 2. The predicted octanol–water partition coefficient (Wildman–Crippen LogP) is 2.34. The molecule has 1 rings (SSSR count). The van der Waals surface area contributed by atoms with Gasteiger partial charge in [0.05, 0.1) is 6.61 Å². The van der Waals surface area contributed by atoms with Gasteiger partial charge in [-0.25, -0.2) is 0 Å². The standard InChI is InChI=1S/C11H23NO/c1-2-3-4-5-9-13-10-8-12-11-6-7-11/h11-12H,2-10H2,1H3. The molecule has 0 saturated heterocycles. The van der Waals surface area contributed by atoms with Gasteiger partial charge in [-0.1, -0.05) is 26.2 Å². The molecule has 1 N–H and O–H groups in total. The second-order valence-corrected chi connectivity index (χ2v) is 3.90. The van der Waals surface area contributed by atoms with Gasteiger partial charge < -0.3 is 10.1 Å². The fourth-order valence-corrected chi connectivity index (χ4v) is 1.36. The fraction of sp³-hybridized carbons (Fsp3) is 1.00. The van der Waals surface area contributed by atoms with Crippen LogP contribution < -0.4 is 5.32 Å². The van der Waals surface area contributed by atoms with E-state index < -0.39 is 0 Å². The number of rotatable bonds is 9. The highest BCUT2D eigenvalue weighted by Gasteiger charge is 2.19. The molecule has 1 fully saturated rings. The molecule has 0 aromatic rings. The quantitative estimate of drug-likeness (QED) is 0.557. The summed E-state index contributed by atoms with van der Waals surface area (Å²) in [5.41, 5.74) is 0. The maximum absolute atomic E-state index is 5.50. The van der Waals surface area contributed by atoms with Crippen molar-refractivity contribution in [1.82, 2.24) is 5.32 Å². The molecule has 0 spiro atoms. The molecule has 0 heterocycles. The molecule has 0 radical (unpaired) electrons. The Bertz CT molecular complexity index is 113. The van der Waals surface area contributed by atoms with E-state index >= 15 is 0 Å². The van der Waals surface area contributed by atoms with E-state index in [0.29, 0.717) is 0 Å². The minimum atomic E-state index is 0.823. The molecule has 0 amide bonds. The second kappa shape index (κ2) is 7.34. The van der Waals surface area contributed by atoms with Crippen molar-refractivity contribution >= 4 is 0 Å². The third-order valence-electron chi connectivity index (χ3n) is 2.40. The molecule has 2 heteroatoms. The van der Waals surface area contributed by atoms with Crippen LogP contribution in [0.25, 0.3) is 0 Å². The van der Waals surface area contributed by atoms with Crippen LogP contribution in [0.3, 0.4) is 0 Å². The van der Waals surface area contributed by atoms with Crippen molar-refractivity contribution in [2.24, 2.45) is 0 Å². The van der Waals surface area contributed by atoms with Crippen molar-refractivity contribution in [3.05, 3.63) is 0 Å². The molecule has 0 bridgehead atoms. The average Bonchev–Trinajstić information content (AvgIpc) is 2.93. The van der Waals surface area contributed by atoms with E-state index in [9.17, 15) is 0 Å². The highest BCUT2D eigenvalue weighted by atomic mass is 16.5. The summed E-state index contributed by atoms with van der Waals surface area (Å²) in [7, 11) is 0. The lowest BCUT2D eigenvalue weighted by atomic mass is 10.2. The minimum Gasteiger partial charge on any atom is -0.380 e. The molecule has 13 heavy (non-hydrogen) atoms. The molecular weight excluding hydrogens is 162 g/mol. The van der Waals surface area contributed by atoms with E-state index in [2.05, 4.69) is 12.2 Å². The van der Waals surface area contributed by atoms with Gasteiger partial charge in [-0.2, -0.15) is 0 Å². The van der Waals surface area contributed by atoms with Crippen LogP contribution in [0.15, 0.2) is 0 Å². The van der Waals surface area contributed by atoms with Gasteiger partial charge >= 0.3 is 0 Å². The molecule has 1 aliphatic rings. The molecule has 0 aliphatic heterocycles. The van der Waals surface area contributed by atoms with Gasteiger partial charge in [0, 0.05) is 19.2 Å². The fourth-order valence-electron chi connectivity index (χ4n) is 1.36. The number of hydrogen-bond donors (Lipinski definition) is 1. The van der Waals surface area contributed by atoms with Crippen LogP contribution >= 0.6 is 0 Å². The van der Waals surface area contributed by atoms with Crippen molar-refractivity contribution < 1.29 is 4.74 Å². The summed E-state index contributed by atoms with van der Waals surface area (Å²) >= 11 is 0. The molecular formula is C11H23NO. The summed E-state index contributed by atoms with van der Waals surface area (Å²) in [6.07, 6.45) is 7.96. The van der Waals surface area contributed by atoms with Crippen molar-refractivity contribution in [2.75, 3.05) is 19.8 Å². The Morgan fingerprint density at radius 1 is 1.15 bits per heavy atom. The number of ether oxygens (including phenoxy) is 1. The smallest absolute Gasteiger partial charge is 0.0590 e.